The molecule has 1 aromatic carbocycles. The monoisotopic (exact) mass is 212 g/mol. The van der Waals surface area contributed by atoms with Crippen LogP contribution in [0.25, 0.3) is 0 Å². The van der Waals surface area contributed by atoms with Crippen molar-refractivity contribution >= 4 is 10.5 Å². The minimum Gasteiger partial charge on any atom is -0.551 e. The Morgan fingerprint density at radius 3 is 2.29 bits per heavy atom. The summed E-state index contributed by atoms with van der Waals surface area (Å²) in [6.45, 7) is 5.14. The minimum atomic E-state index is 0.613. The molecule has 0 atom stereocenters. The summed E-state index contributed by atoms with van der Waals surface area (Å²) in [5.41, 5.74) is 0. The van der Waals surface area contributed by atoms with Crippen molar-refractivity contribution in [3.05, 3.63) is 18.2 Å². The first kappa shape index (κ1) is 10.9. The summed E-state index contributed by atoms with van der Waals surface area (Å²) in [4.78, 5) is 0. The van der Waals surface area contributed by atoms with Gasteiger partial charge in [-0.05, 0) is 26.0 Å². The first-order valence-electron chi connectivity index (χ1n) is 4.76. The molecule has 0 saturated carbocycles. The molecule has 14 heavy (non-hydrogen) atoms. The van der Waals surface area contributed by atoms with E-state index in [1.54, 1.807) is 0 Å². The smallest absolute Gasteiger partial charge is 0.204 e. The highest BCUT2D eigenvalue weighted by atomic mass is 28.2. The van der Waals surface area contributed by atoms with E-state index in [4.69, 9.17) is 13.9 Å². The Balaban J connectivity index is 3.00. The third-order valence-electron chi connectivity index (χ3n) is 1.75. The van der Waals surface area contributed by atoms with E-state index in [9.17, 15) is 0 Å². The molecule has 3 nitrogen and oxygen atoms in total. The Bertz CT molecular complexity index is 289. The van der Waals surface area contributed by atoms with E-state index in [0.717, 1.165) is 11.5 Å². The van der Waals surface area contributed by atoms with Crippen LogP contribution in [-0.4, -0.2) is 23.7 Å². The van der Waals surface area contributed by atoms with E-state index in [-0.39, 0.29) is 0 Å². The summed E-state index contributed by atoms with van der Waals surface area (Å²) in [5, 5.41) is 0. The highest BCUT2D eigenvalue weighted by molar-refractivity contribution is 6.00. The van der Waals surface area contributed by atoms with Crippen LogP contribution in [0.1, 0.15) is 13.8 Å². The van der Waals surface area contributed by atoms with Gasteiger partial charge in [0.25, 0.3) is 0 Å². The van der Waals surface area contributed by atoms with Gasteiger partial charge in [0.2, 0.25) is 16.2 Å². The molecule has 0 aliphatic rings. The molecule has 0 fully saturated rings. The average Bonchev–Trinajstić information content (AvgIpc) is 2.21. The molecule has 1 aromatic rings. The summed E-state index contributed by atoms with van der Waals surface area (Å²) >= 11 is 0. The number of hydrogen-bond acceptors (Lipinski definition) is 3. The van der Waals surface area contributed by atoms with Crippen molar-refractivity contribution in [3.8, 4) is 17.2 Å². The molecule has 0 spiro atoms. The van der Waals surface area contributed by atoms with Crippen LogP contribution < -0.4 is 13.9 Å². The summed E-state index contributed by atoms with van der Waals surface area (Å²) < 4.78 is 16.2. The van der Waals surface area contributed by atoms with E-state index in [1.807, 2.05) is 32.0 Å². The summed E-state index contributed by atoms with van der Waals surface area (Å²) in [7, 11) is 0.649. The van der Waals surface area contributed by atoms with E-state index < -0.39 is 0 Å². The van der Waals surface area contributed by atoms with Crippen LogP contribution in [0.3, 0.4) is 0 Å². The van der Waals surface area contributed by atoms with Crippen molar-refractivity contribution in [1.82, 2.24) is 0 Å². The van der Waals surface area contributed by atoms with Gasteiger partial charge < -0.3 is 13.9 Å². The van der Waals surface area contributed by atoms with Crippen molar-refractivity contribution in [2.45, 2.75) is 13.8 Å². The van der Waals surface area contributed by atoms with Crippen LogP contribution >= 0.6 is 0 Å². The number of rotatable bonds is 5. The largest absolute Gasteiger partial charge is 0.551 e. The van der Waals surface area contributed by atoms with Crippen molar-refractivity contribution in [1.29, 1.82) is 0 Å². The van der Waals surface area contributed by atoms with E-state index >= 15 is 0 Å². The molecule has 4 heteroatoms. The maximum atomic E-state index is 5.48. The second-order valence-corrected chi connectivity index (χ2v) is 3.06. The van der Waals surface area contributed by atoms with Crippen LogP contribution in [0.5, 0.6) is 17.2 Å². The SMILES string of the molecule is CCOc1cccc(O[SiH3])c1OCC. The normalized spacial score (nSPS) is 9.86. The van der Waals surface area contributed by atoms with Crippen molar-refractivity contribution in [2.24, 2.45) is 0 Å². The molecule has 0 aromatic heterocycles. The lowest BCUT2D eigenvalue weighted by molar-refractivity contribution is 0.281. The predicted octanol–water partition coefficient (Wildman–Crippen LogP) is 1.14. The van der Waals surface area contributed by atoms with Crippen LogP contribution in [0.15, 0.2) is 18.2 Å². The standard InChI is InChI=1S/C10H16O3Si/c1-3-11-8-6-5-7-9(13-14)10(8)12-4-2/h5-7H,3-4H2,1-2,14H3. The molecule has 0 amide bonds. The van der Waals surface area contributed by atoms with Gasteiger partial charge in [0.15, 0.2) is 5.75 Å². The zero-order valence-electron chi connectivity index (χ0n) is 8.87. The Labute approximate surface area is 87.5 Å². The van der Waals surface area contributed by atoms with Crippen LogP contribution in [-0.2, 0) is 0 Å². The lowest BCUT2D eigenvalue weighted by Crippen LogP contribution is -2.00. The predicted molar refractivity (Wildman–Crippen MR) is 59.3 cm³/mol. The Kier molecular flexibility index (Phi) is 4.32. The average molecular weight is 212 g/mol. The van der Waals surface area contributed by atoms with Crippen molar-refractivity contribution in [3.63, 3.8) is 0 Å². The van der Waals surface area contributed by atoms with Crippen LogP contribution in [0, 0.1) is 0 Å². The second kappa shape index (κ2) is 5.54. The summed E-state index contributed by atoms with van der Waals surface area (Å²) in [5.74, 6) is 2.24. The molecule has 0 aliphatic heterocycles. The van der Waals surface area contributed by atoms with E-state index in [1.165, 1.54) is 0 Å². The molecule has 0 bridgehead atoms. The topological polar surface area (TPSA) is 27.7 Å². The van der Waals surface area contributed by atoms with E-state index in [0.29, 0.717) is 29.4 Å². The minimum absolute atomic E-state index is 0.613. The zero-order valence-corrected chi connectivity index (χ0v) is 10.9. The highest BCUT2D eigenvalue weighted by Gasteiger charge is 2.09. The lowest BCUT2D eigenvalue weighted by atomic mass is 10.3. The number of hydrogen-bond donors (Lipinski definition) is 0. The maximum absolute atomic E-state index is 5.48. The highest BCUT2D eigenvalue weighted by Crippen LogP contribution is 2.36. The van der Waals surface area contributed by atoms with E-state index in [2.05, 4.69) is 0 Å². The number of ether oxygens (including phenoxy) is 2. The molecule has 1 rings (SSSR count). The van der Waals surface area contributed by atoms with Gasteiger partial charge in [-0.15, -0.1) is 0 Å². The third kappa shape index (κ3) is 2.42. The van der Waals surface area contributed by atoms with Crippen molar-refractivity contribution < 1.29 is 13.9 Å². The molecular formula is C10H16O3Si. The fourth-order valence-electron chi connectivity index (χ4n) is 1.21. The van der Waals surface area contributed by atoms with Gasteiger partial charge in [0.05, 0.1) is 13.2 Å². The Morgan fingerprint density at radius 2 is 1.71 bits per heavy atom. The van der Waals surface area contributed by atoms with Gasteiger partial charge in [0, 0.05) is 0 Å². The first-order chi connectivity index (χ1) is 6.83. The van der Waals surface area contributed by atoms with Gasteiger partial charge >= 0.3 is 0 Å². The zero-order chi connectivity index (χ0) is 10.4. The van der Waals surface area contributed by atoms with Gasteiger partial charge in [0.1, 0.15) is 5.75 Å². The van der Waals surface area contributed by atoms with Crippen molar-refractivity contribution in [2.75, 3.05) is 13.2 Å². The van der Waals surface area contributed by atoms with Gasteiger partial charge in [-0.25, -0.2) is 0 Å². The first-order valence-corrected chi connectivity index (χ1v) is 5.57. The lowest BCUT2D eigenvalue weighted by Gasteiger charge is -2.14. The number of para-hydroxylation sites is 1. The fourth-order valence-corrected chi connectivity index (χ4v) is 1.53. The Morgan fingerprint density at radius 1 is 1.07 bits per heavy atom. The van der Waals surface area contributed by atoms with Gasteiger partial charge in [-0.2, -0.15) is 0 Å². The molecule has 0 heterocycles. The summed E-state index contributed by atoms with van der Waals surface area (Å²) in [6.07, 6.45) is 0. The molecule has 0 radical (unpaired) electrons. The van der Waals surface area contributed by atoms with Gasteiger partial charge in [-0.1, -0.05) is 6.07 Å². The van der Waals surface area contributed by atoms with Crippen LogP contribution in [0.2, 0.25) is 0 Å². The second-order valence-electron chi connectivity index (χ2n) is 2.65. The molecule has 78 valence electrons. The molecule has 0 N–H and O–H groups in total. The Hall–Kier alpha value is -1.16. The summed E-state index contributed by atoms with van der Waals surface area (Å²) in [6, 6.07) is 5.68. The van der Waals surface area contributed by atoms with Gasteiger partial charge in [-0.3, -0.25) is 0 Å². The molecule has 0 unspecified atom stereocenters. The fraction of sp³-hybridized carbons (Fsp3) is 0.400. The van der Waals surface area contributed by atoms with Crippen LogP contribution in [0.4, 0.5) is 0 Å². The molecule has 0 saturated heterocycles. The number of benzene rings is 1. The maximum Gasteiger partial charge on any atom is 0.204 e. The molecule has 0 aliphatic carbocycles. The molecular weight excluding hydrogens is 196 g/mol. The third-order valence-corrected chi connectivity index (χ3v) is 2.19. The quantitative estimate of drug-likeness (QED) is 0.685.